The molecule has 1 aliphatic carbocycles. The molecule has 0 aromatic heterocycles. The van der Waals surface area contributed by atoms with Crippen LogP contribution in [0.15, 0.2) is 30.3 Å². The van der Waals surface area contributed by atoms with Crippen molar-refractivity contribution in [3.63, 3.8) is 0 Å². The quantitative estimate of drug-likeness (QED) is 0.749. The summed E-state index contributed by atoms with van der Waals surface area (Å²) in [4.78, 5) is 0. The van der Waals surface area contributed by atoms with Crippen LogP contribution in [0.25, 0.3) is 0 Å². The highest BCUT2D eigenvalue weighted by atomic mass is 14.7. The van der Waals surface area contributed by atoms with Crippen molar-refractivity contribution in [3.8, 4) is 0 Å². The van der Waals surface area contributed by atoms with Gasteiger partial charge in [0.1, 0.15) is 0 Å². The van der Waals surface area contributed by atoms with Crippen LogP contribution in [-0.2, 0) is 6.42 Å². The Bertz CT molecular complexity index is 268. The van der Waals surface area contributed by atoms with Crippen LogP contribution in [-0.4, -0.2) is 6.04 Å². The Morgan fingerprint density at radius 1 is 1.38 bits per heavy atom. The van der Waals surface area contributed by atoms with Crippen molar-refractivity contribution in [2.24, 2.45) is 17.6 Å². The van der Waals surface area contributed by atoms with Gasteiger partial charge in [-0.2, -0.15) is 0 Å². The molecule has 2 rings (SSSR count). The highest BCUT2D eigenvalue weighted by Crippen LogP contribution is 2.40. The molecule has 1 saturated carbocycles. The van der Waals surface area contributed by atoms with Gasteiger partial charge >= 0.3 is 0 Å². The first kappa shape index (κ1) is 8.76. The van der Waals surface area contributed by atoms with Crippen LogP contribution in [0.5, 0.6) is 0 Å². The molecule has 0 bridgehead atoms. The Balaban J connectivity index is 1.91. The molecular formula is C12H17N. The van der Waals surface area contributed by atoms with E-state index in [-0.39, 0.29) is 0 Å². The molecule has 3 atom stereocenters. The number of rotatable bonds is 3. The van der Waals surface area contributed by atoms with Crippen molar-refractivity contribution in [1.82, 2.24) is 0 Å². The normalized spacial score (nSPS) is 28.5. The predicted molar refractivity (Wildman–Crippen MR) is 55.4 cm³/mol. The summed E-state index contributed by atoms with van der Waals surface area (Å²) >= 11 is 0. The molecule has 1 nitrogen and oxygen atoms in total. The maximum Gasteiger partial charge on any atom is 0.0110 e. The Morgan fingerprint density at radius 2 is 2.00 bits per heavy atom. The third kappa shape index (κ3) is 2.10. The summed E-state index contributed by atoms with van der Waals surface area (Å²) < 4.78 is 0. The average Bonchev–Trinajstić information content (AvgIpc) is 2.84. The van der Waals surface area contributed by atoms with Gasteiger partial charge in [-0.15, -0.1) is 0 Å². The second-order valence-corrected chi connectivity index (χ2v) is 4.23. The van der Waals surface area contributed by atoms with Crippen LogP contribution in [0.4, 0.5) is 0 Å². The molecule has 13 heavy (non-hydrogen) atoms. The lowest BCUT2D eigenvalue weighted by atomic mass is 10.0. The van der Waals surface area contributed by atoms with E-state index in [4.69, 9.17) is 5.73 Å². The van der Waals surface area contributed by atoms with E-state index < -0.39 is 0 Å². The second-order valence-electron chi connectivity index (χ2n) is 4.23. The summed E-state index contributed by atoms with van der Waals surface area (Å²) in [5.74, 6) is 1.64. The number of hydrogen-bond acceptors (Lipinski definition) is 1. The Kier molecular flexibility index (Phi) is 2.36. The maximum atomic E-state index is 6.10. The van der Waals surface area contributed by atoms with Crippen LogP contribution in [0.3, 0.4) is 0 Å². The molecule has 0 radical (unpaired) electrons. The lowest BCUT2D eigenvalue weighted by molar-refractivity contribution is 0.560. The van der Waals surface area contributed by atoms with Crippen LogP contribution in [0.2, 0.25) is 0 Å². The lowest BCUT2D eigenvalue weighted by Gasteiger charge is -2.10. The molecule has 0 saturated heterocycles. The Labute approximate surface area is 80.0 Å². The molecular weight excluding hydrogens is 158 g/mol. The highest BCUT2D eigenvalue weighted by Gasteiger charge is 2.37. The van der Waals surface area contributed by atoms with Gasteiger partial charge in [-0.3, -0.25) is 0 Å². The van der Waals surface area contributed by atoms with Crippen molar-refractivity contribution < 1.29 is 0 Å². The smallest absolute Gasteiger partial charge is 0.0110 e. The van der Waals surface area contributed by atoms with E-state index in [1.807, 2.05) is 0 Å². The van der Waals surface area contributed by atoms with Gasteiger partial charge in [-0.05, 0) is 30.2 Å². The molecule has 0 heterocycles. The Hall–Kier alpha value is -0.820. The first-order chi connectivity index (χ1) is 6.27. The summed E-state index contributed by atoms with van der Waals surface area (Å²) in [6.45, 7) is 2.29. The van der Waals surface area contributed by atoms with Crippen molar-refractivity contribution in [2.75, 3.05) is 0 Å². The summed E-state index contributed by atoms with van der Waals surface area (Å²) in [5, 5.41) is 0. The third-order valence-corrected chi connectivity index (χ3v) is 3.04. The summed E-state index contributed by atoms with van der Waals surface area (Å²) in [7, 11) is 0. The summed E-state index contributed by atoms with van der Waals surface area (Å²) in [5.41, 5.74) is 7.47. The minimum absolute atomic E-state index is 0.373. The van der Waals surface area contributed by atoms with Crippen molar-refractivity contribution in [1.29, 1.82) is 0 Å². The lowest BCUT2D eigenvalue weighted by Crippen LogP contribution is -2.25. The van der Waals surface area contributed by atoms with Crippen molar-refractivity contribution in [2.45, 2.75) is 25.8 Å². The monoisotopic (exact) mass is 175 g/mol. The largest absolute Gasteiger partial charge is 0.327 e. The standard InChI is InChI=1S/C12H17N/c1-9-7-11(9)12(13)8-10-5-3-2-4-6-10/h2-6,9,11-12H,7-8,13H2,1H3/t9-,11-,12?/m1/s1. The molecule has 0 spiro atoms. The van der Waals surface area contributed by atoms with Gasteiger partial charge in [0.2, 0.25) is 0 Å². The number of nitrogens with two attached hydrogens (primary N) is 1. The minimum atomic E-state index is 0.373. The molecule has 1 unspecified atom stereocenters. The van der Waals surface area contributed by atoms with Crippen LogP contribution in [0, 0.1) is 11.8 Å². The molecule has 2 N–H and O–H groups in total. The summed E-state index contributed by atoms with van der Waals surface area (Å²) in [6.07, 6.45) is 2.36. The number of benzene rings is 1. The summed E-state index contributed by atoms with van der Waals surface area (Å²) in [6, 6.07) is 10.9. The molecule has 0 aliphatic heterocycles. The van der Waals surface area contributed by atoms with Gasteiger partial charge in [-0.1, -0.05) is 37.3 Å². The fourth-order valence-corrected chi connectivity index (χ4v) is 1.99. The van der Waals surface area contributed by atoms with Gasteiger partial charge in [0, 0.05) is 6.04 Å². The van der Waals surface area contributed by atoms with Crippen LogP contribution >= 0.6 is 0 Å². The molecule has 1 heteroatoms. The molecule has 1 fully saturated rings. The van der Waals surface area contributed by atoms with E-state index in [0.29, 0.717) is 6.04 Å². The van der Waals surface area contributed by atoms with Gasteiger partial charge in [0.05, 0.1) is 0 Å². The zero-order chi connectivity index (χ0) is 9.26. The third-order valence-electron chi connectivity index (χ3n) is 3.04. The first-order valence-corrected chi connectivity index (χ1v) is 5.07. The van der Waals surface area contributed by atoms with Crippen molar-refractivity contribution >= 4 is 0 Å². The van der Waals surface area contributed by atoms with E-state index in [1.54, 1.807) is 0 Å². The van der Waals surface area contributed by atoms with Gasteiger partial charge in [-0.25, -0.2) is 0 Å². The van der Waals surface area contributed by atoms with Crippen molar-refractivity contribution in [3.05, 3.63) is 35.9 Å². The predicted octanol–water partition coefficient (Wildman–Crippen LogP) is 2.21. The SMILES string of the molecule is C[C@@H]1C[C@H]1C(N)Cc1ccccc1. The maximum absolute atomic E-state index is 6.10. The van der Waals surface area contributed by atoms with E-state index in [2.05, 4.69) is 37.3 Å². The minimum Gasteiger partial charge on any atom is -0.327 e. The first-order valence-electron chi connectivity index (χ1n) is 5.07. The Morgan fingerprint density at radius 3 is 2.54 bits per heavy atom. The van der Waals surface area contributed by atoms with E-state index >= 15 is 0 Å². The molecule has 1 aliphatic rings. The van der Waals surface area contributed by atoms with E-state index in [9.17, 15) is 0 Å². The number of hydrogen-bond donors (Lipinski definition) is 1. The zero-order valence-corrected chi connectivity index (χ0v) is 8.11. The fourth-order valence-electron chi connectivity index (χ4n) is 1.99. The second kappa shape index (κ2) is 3.51. The van der Waals surface area contributed by atoms with Gasteiger partial charge in [0.15, 0.2) is 0 Å². The van der Waals surface area contributed by atoms with Gasteiger partial charge < -0.3 is 5.73 Å². The average molecular weight is 175 g/mol. The zero-order valence-electron chi connectivity index (χ0n) is 8.11. The molecule has 0 amide bonds. The topological polar surface area (TPSA) is 26.0 Å². The van der Waals surface area contributed by atoms with Gasteiger partial charge in [0.25, 0.3) is 0 Å². The highest BCUT2D eigenvalue weighted by molar-refractivity contribution is 5.16. The molecule has 70 valence electrons. The van der Waals surface area contributed by atoms with Crippen LogP contribution in [0.1, 0.15) is 18.9 Å². The molecule has 1 aromatic carbocycles. The fraction of sp³-hybridized carbons (Fsp3) is 0.500. The van der Waals surface area contributed by atoms with Crippen LogP contribution < -0.4 is 5.73 Å². The van der Waals surface area contributed by atoms with E-state index in [1.165, 1.54) is 12.0 Å². The molecule has 1 aromatic rings. The van der Waals surface area contributed by atoms with E-state index in [0.717, 1.165) is 18.3 Å².